The van der Waals surface area contributed by atoms with E-state index in [-0.39, 0.29) is 24.1 Å². The molecule has 1 aromatic carbocycles. The quantitative estimate of drug-likeness (QED) is 0.794. The third kappa shape index (κ3) is 3.04. The van der Waals surface area contributed by atoms with Crippen LogP contribution in [0.4, 0.5) is 4.79 Å². The van der Waals surface area contributed by atoms with Crippen LogP contribution in [0.15, 0.2) is 29.2 Å². The van der Waals surface area contributed by atoms with Crippen LogP contribution in [-0.4, -0.2) is 22.6 Å². The van der Waals surface area contributed by atoms with Gasteiger partial charge in [0.2, 0.25) is 0 Å². The zero-order chi connectivity index (χ0) is 13.8. The van der Waals surface area contributed by atoms with Crippen LogP contribution in [0.5, 0.6) is 0 Å². The molecule has 1 heterocycles. The number of carbonyl (C=O) groups excluding carboxylic acids is 2. The van der Waals surface area contributed by atoms with Gasteiger partial charge in [0.1, 0.15) is 0 Å². The van der Waals surface area contributed by atoms with Gasteiger partial charge in [-0.1, -0.05) is 29.8 Å². The van der Waals surface area contributed by atoms with Gasteiger partial charge in [0.15, 0.2) is 0 Å². The zero-order valence-electron chi connectivity index (χ0n) is 10.4. The van der Waals surface area contributed by atoms with E-state index in [4.69, 9.17) is 5.26 Å². The molecule has 1 saturated heterocycles. The highest BCUT2D eigenvalue weighted by Crippen LogP contribution is 2.32. The summed E-state index contributed by atoms with van der Waals surface area (Å²) in [6.07, 6.45) is 1.87. The van der Waals surface area contributed by atoms with E-state index < -0.39 is 0 Å². The van der Waals surface area contributed by atoms with E-state index in [2.05, 4.69) is 0 Å². The minimum Gasteiger partial charge on any atom is -0.268 e. The number of aryl methyl sites for hydroxylation is 1. The number of hydrogen-bond acceptors (Lipinski definition) is 4. The second kappa shape index (κ2) is 5.72. The molecule has 0 spiro atoms. The fourth-order valence-electron chi connectivity index (χ4n) is 1.67. The van der Waals surface area contributed by atoms with Gasteiger partial charge in [-0.2, -0.15) is 5.26 Å². The number of thioether (sulfide) groups is 1. The summed E-state index contributed by atoms with van der Waals surface area (Å²) in [5.41, 5.74) is 2.02. The minimum atomic E-state index is -0.314. The van der Waals surface area contributed by atoms with E-state index in [0.717, 1.165) is 27.8 Å². The first kappa shape index (κ1) is 13.4. The van der Waals surface area contributed by atoms with Gasteiger partial charge in [-0.3, -0.25) is 14.5 Å². The highest BCUT2D eigenvalue weighted by molar-refractivity contribution is 8.18. The first-order valence-corrected chi connectivity index (χ1v) is 6.62. The van der Waals surface area contributed by atoms with Crippen molar-refractivity contribution in [2.45, 2.75) is 13.3 Å². The lowest BCUT2D eigenvalue weighted by Crippen LogP contribution is -2.28. The molecule has 2 rings (SSSR count). The van der Waals surface area contributed by atoms with Crippen LogP contribution >= 0.6 is 11.8 Å². The number of nitriles is 1. The molecule has 0 saturated carbocycles. The lowest BCUT2D eigenvalue weighted by atomic mass is 10.1. The lowest BCUT2D eigenvalue weighted by molar-refractivity contribution is -0.122. The Morgan fingerprint density at radius 2 is 2.00 bits per heavy atom. The molecule has 0 bridgehead atoms. The Kier molecular flexibility index (Phi) is 4.03. The van der Waals surface area contributed by atoms with Crippen LogP contribution in [0, 0.1) is 18.3 Å². The van der Waals surface area contributed by atoms with E-state index in [1.165, 1.54) is 0 Å². The number of benzene rings is 1. The fraction of sp³-hybridized carbons (Fsp3) is 0.214. The second-order valence-corrected chi connectivity index (χ2v) is 5.15. The molecule has 4 nitrogen and oxygen atoms in total. The highest BCUT2D eigenvalue weighted by Gasteiger charge is 2.34. The number of amides is 2. The van der Waals surface area contributed by atoms with E-state index in [1.54, 1.807) is 6.08 Å². The van der Waals surface area contributed by atoms with Crippen LogP contribution in [0.3, 0.4) is 0 Å². The largest absolute Gasteiger partial charge is 0.293 e. The van der Waals surface area contributed by atoms with Crippen molar-refractivity contribution >= 4 is 29.0 Å². The average molecular weight is 272 g/mol. The lowest BCUT2D eigenvalue weighted by Gasteiger charge is -2.08. The number of rotatable bonds is 3. The molecule has 1 fully saturated rings. The molecule has 19 heavy (non-hydrogen) atoms. The third-order valence-corrected chi connectivity index (χ3v) is 3.60. The van der Waals surface area contributed by atoms with Gasteiger partial charge in [-0.25, -0.2) is 0 Å². The van der Waals surface area contributed by atoms with E-state index in [9.17, 15) is 9.59 Å². The van der Waals surface area contributed by atoms with Crippen LogP contribution < -0.4 is 0 Å². The van der Waals surface area contributed by atoms with Gasteiger partial charge in [-0.05, 0) is 30.3 Å². The standard InChI is InChI=1S/C14H12N2O2S/c1-10-3-5-11(6-4-10)9-12-13(17)16(8-2-7-15)14(18)19-12/h3-6,9H,2,8H2,1H3/b12-9-. The number of imide groups is 1. The molecule has 1 aromatic rings. The van der Waals surface area contributed by atoms with Crippen molar-refractivity contribution in [2.75, 3.05) is 6.54 Å². The summed E-state index contributed by atoms with van der Waals surface area (Å²) in [7, 11) is 0. The van der Waals surface area contributed by atoms with Crippen molar-refractivity contribution in [3.05, 3.63) is 40.3 Å². The van der Waals surface area contributed by atoms with Crippen molar-refractivity contribution in [2.24, 2.45) is 0 Å². The predicted octanol–water partition coefficient (Wildman–Crippen LogP) is 2.95. The van der Waals surface area contributed by atoms with Gasteiger partial charge >= 0.3 is 0 Å². The van der Waals surface area contributed by atoms with Gasteiger partial charge < -0.3 is 0 Å². The summed E-state index contributed by atoms with van der Waals surface area (Å²) >= 11 is 0.920. The Bertz CT molecular complexity index is 584. The maximum Gasteiger partial charge on any atom is 0.293 e. The minimum absolute atomic E-state index is 0.159. The number of hydrogen-bond donors (Lipinski definition) is 0. The van der Waals surface area contributed by atoms with Crippen molar-refractivity contribution in [3.8, 4) is 6.07 Å². The molecule has 0 unspecified atom stereocenters. The second-order valence-electron chi connectivity index (χ2n) is 4.15. The van der Waals surface area contributed by atoms with Gasteiger partial charge in [0, 0.05) is 6.54 Å². The summed E-state index contributed by atoms with van der Waals surface area (Å²) in [5, 5.41) is 8.20. The summed E-state index contributed by atoms with van der Waals surface area (Å²) < 4.78 is 0. The fourth-order valence-corrected chi connectivity index (χ4v) is 2.53. The van der Waals surface area contributed by atoms with Crippen molar-refractivity contribution < 1.29 is 9.59 Å². The van der Waals surface area contributed by atoms with Gasteiger partial charge in [-0.15, -0.1) is 0 Å². The topological polar surface area (TPSA) is 61.2 Å². The van der Waals surface area contributed by atoms with Gasteiger partial charge in [0.05, 0.1) is 17.4 Å². The van der Waals surface area contributed by atoms with Crippen molar-refractivity contribution in [1.82, 2.24) is 4.90 Å². The Hall–Kier alpha value is -2.06. The normalized spacial score (nSPS) is 17.1. The third-order valence-electron chi connectivity index (χ3n) is 2.70. The molecule has 96 valence electrons. The monoisotopic (exact) mass is 272 g/mol. The molecule has 2 amide bonds. The average Bonchev–Trinajstić information content (AvgIpc) is 2.65. The summed E-state index contributed by atoms with van der Waals surface area (Å²) in [6, 6.07) is 9.63. The van der Waals surface area contributed by atoms with E-state index in [1.807, 2.05) is 37.3 Å². The van der Waals surface area contributed by atoms with Gasteiger partial charge in [0.25, 0.3) is 11.1 Å². The summed E-state index contributed by atoms with van der Waals surface area (Å²) in [5.74, 6) is -0.314. The molecule has 5 heteroatoms. The first-order chi connectivity index (χ1) is 9.11. The van der Waals surface area contributed by atoms with Crippen LogP contribution in [-0.2, 0) is 4.79 Å². The molecule has 0 N–H and O–H groups in total. The maximum absolute atomic E-state index is 12.0. The maximum atomic E-state index is 12.0. The Balaban J connectivity index is 2.18. The summed E-state index contributed by atoms with van der Waals surface area (Å²) in [4.78, 5) is 25.2. The number of carbonyl (C=O) groups is 2. The zero-order valence-corrected chi connectivity index (χ0v) is 11.2. The van der Waals surface area contributed by atoms with Crippen LogP contribution in [0.2, 0.25) is 0 Å². The van der Waals surface area contributed by atoms with Crippen molar-refractivity contribution in [1.29, 1.82) is 5.26 Å². The van der Waals surface area contributed by atoms with Crippen LogP contribution in [0.25, 0.3) is 6.08 Å². The highest BCUT2D eigenvalue weighted by atomic mass is 32.2. The van der Waals surface area contributed by atoms with Crippen molar-refractivity contribution in [3.63, 3.8) is 0 Å². The predicted molar refractivity (Wildman–Crippen MR) is 74.1 cm³/mol. The molecule has 0 atom stereocenters. The molecule has 0 radical (unpaired) electrons. The molecule has 1 aliphatic heterocycles. The Morgan fingerprint density at radius 1 is 1.32 bits per heavy atom. The molecular weight excluding hydrogens is 260 g/mol. The SMILES string of the molecule is Cc1ccc(/C=C2\SC(=O)N(CCC#N)C2=O)cc1. The number of nitrogens with zero attached hydrogens (tertiary/aromatic N) is 2. The molecule has 0 aromatic heterocycles. The molecule has 0 aliphatic carbocycles. The van der Waals surface area contributed by atoms with Crippen LogP contribution in [0.1, 0.15) is 17.5 Å². The molecule has 1 aliphatic rings. The Morgan fingerprint density at radius 3 is 2.63 bits per heavy atom. The molecular formula is C14H12N2O2S. The first-order valence-electron chi connectivity index (χ1n) is 5.81. The van der Waals surface area contributed by atoms with E-state index >= 15 is 0 Å². The van der Waals surface area contributed by atoms with E-state index in [0.29, 0.717) is 4.91 Å². The summed E-state index contributed by atoms with van der Waals surface area (Å²) in [6.45, 7) is 2.14. The smallest absolute Gasteiger partial charge is 0.268 e. The Labute approximate surface area is 115 Å².